The highest BCUT2D eigenvalue weighted by Crippen LogP contribution is 2.57. The lowest BCUT2D eigenvalue weighted by molar-refractivity contribution is -0.180. The van der Waals surface area contributed by atoms with E-state index < -0.39 is 34.1 Å². The second kappa shape index (κ2) is 9.80. The number of fused-ring (bicyclic) bond motifs is 1. The van der Waals surface area contributed by atoms with Gasteiger partial charge in [-0.25, -0.2) is 9.97 Å². The molecule has 4 aromatic rings. The van der Waals surface area contributed by atoms with Gasteiger partial charge in [0.25, 0.3) is 0 Å². The molecule has 1 aromatic heterocycles. The van der Waals surface area contributed by atoms with Crippen LogP contribution in [0.3, 0.4) is 0 Å². The molecule has 7 nitrogen and oxygen atoms in total. The van der Waals surface area contributed by atoms with Crippen molar-refractivity contribution in [3.8, 4) is 28.3 Å². The molecular weight excluding hydrogens is 492 g/mol. The summed E-state index contributed by atoms with van der Waals surface area (Å²) in [6.07, 6.45) is 0. The molecule has 0 amide bonds. The van der Waals surface area contributed by atoms with Crippen LogP contribution in [0, 0.1) is 16.2 Å². The first-order valence-corrected chi connectivity index (χ1v) is 12.8. The lowest BCUT2D eigenvalue weighted by atomic mass is 9.52. The zero-order valence-corrected chi connectivity index (χ0v) is 23.1. The first kappa shape index (κ1) is 27.8. The predicted octanol–water partition coefficient (Wildman–Crippen LogP) is 7.00. The number of carboxylic acid groups (broad SMARTS) is 2. The van der Waals surface area contributed by atoms with Gasteiger partial charge in [-0.2, -0.15) is 0 Å². The van der Waals surface area contributed by atoms with Crippen LogP contribution in [0.15, 0.2) is 72.8 Å². The number of phenolic OH excluding ortho intramolecular Hbond substituents is 1. The minimum Gasteiger partial charge on any atom is -0.506 e. The number of aromatic hydroxyl groups is 1. The van der Waals surface area contributed by atoms with Crippen molar-refractivity contribution in [3.05, 3.63) is 78.4 Å². The smallest absolute Gasteiger partial charge is 0.322 e. The van der Waals surface area contributed by atoms with E-state index in [2.05, 4.69) is 0 Å². The topological polar surface area (TPSA) is 121 Å². The van der Waals surface area contributed by atoms with Gasteiger partial charge in [-0.15, -0.1) is 0 Å². The molecular formula is C32H34N2O5. The third-order valence-corrected chi connectivity index (χ3v) is 7.40. The van der Waals surface area contributed by atoms with E-state index in [1.54, 1.807) is 51.1 Å². The number of hydrogen-bond acceptors (Lipinski definition) is 5. The molecule has 202 valence electrons. The van der Waals surface area contributed by atoms with E-state index in [-0.39, 0.29) is 5.75 Å². The summed E-state index contributed by atoms with van der Waals surface area (Å²) in [5, 5.41) is 31.3. The number of hydrogen-bond donors (Lipinski definition) is 3. The lowest BCUT2D eigenvalue weighted by Crippen LogP contribution is -2.56. The second-order valence-corrected chi connectivity index (χ2v) is 12.0. The number of rotatable bonds is 6. The standard InChI is InChI=1S/C32H34N2O5/c1-30(2,3)27(32(28(36)37,29(38)39)31(4,5)6)21-17-15-20(16-18-21)24-25(19-11-8-7-9-12-19)34-26-22(33-24)13-10-14-23(26)35/h7-18,27,35H,1-6H3,(H,36,37)(H,38,39). The summed E-state index contributed by atoms with van der Waals surface area (Å²) >= 11 is 0. The highest BCUT2D eigenvalue weighted by Gasteiger charge is 2.63. The van der Waals surface area contributed by atoms with Crippen LogP contribution in [0.1, 0.15) is 53.0 Å². The van der Waals surface area contributed by atoms with Gasteiger partial charge in [0, 0.05) is 17.0 Å². The van der Waals surface area contributed by atoms with Crippen LogP contribution >= 0.6 is 0 Å². The summed E-state index contributed by atoms with van der Waals surface area (Å²) < 4.78 is 0. The van der Waals surface area contributed by atoms with Gasteiger partial charge in [-0.05, 0) is 28.5 Å². The van der Waals surface area contributed by atoms with Crippen molar-refractivity contribution >= 4 is 23.0 Å². The Balaban J connectivity index is 1.94. The van der Waals surface area contributed by atoms with Gasteiger partial charge in [-0.1, -0.05) is 102 Å². The highest BCUT2D eigenvalue weighted by atomic mass is 16.4. The molecule has 39 heavy (non-hydrogen) atoms. The Labute approximate surface area is 228 Å². The number of benzene rings is 3. The summed E-state index contributed by atoms with van der Waals surface area (Å²) in [6.45, 7) is 10.6. The molecule has 0 aliphatic heterocycles. The molecule has 3 aromatic carbocycles. The van der Waals surface area contributed by atoms with Crippen LogP contribution < -0.4 is 0 Å². The highest BCUT2D eigenvalue weighted by molar-refractivity contribution is 6.00. The molecule has 0 spiro atoms. The summed E-state index contributed by atoms with van der Waals surface area (Å²) in [5.41, 5.74) is 0.407. The van der Waals surface area contributed by atoms with Gasteiger partial charge >= 0.3 is 11.9 Å². The van der Waals surface area contributed by atoms with Crippen molar-refractivity contribution in [1.29, 1.82) is 0 Å². The number of carboxylic acids is 2. The monoisotopic (exact) mass is 526 g/mol. The molecule has 0 saturated carbocycles. The fraction of sp³-hybridized carbons (Fsp3) is 0.312. The predicted molar refractivity (Wildman–Crippen MR) is 151 cm³/mol. The average Bonchev–Trinajstić information content (AvgIpc) is 2.85. The SMILES string of the molecule is CC(C)(C)C(c1ccc(-c2nc3cccc(O)c3nc2-c2ccccc2)cc1)C(C(=O)O)(C(=O)O)C(C)(C)C. The molecule has 4 rings (SSSR count). The van der Waals surface area contributed by atoms with E-state index >= 15 is 0 Å². The van der Waals surface area contributed by atoms with Crippen molar-refractivity contribution in [2.24, 2.45) is 16.2 Å². The Bertz CT molecular complexity index is 1520. The fourth-order valence-electron chi connectivity index (χ4n) is 5.71. The summed E-state index contributed by atoms with van der Waals surface area (Å²) in [6, 6.07) is 21.8. The summed E-state index contributed by atoms with van der Waals surface area (Å²) in [5.74, 6) is -3.54. The third kappa shape index (κ3) is 4.73. The van der Waals surface area contributed by atoms with Crippen LogP contribution in [-0.4, -0.2) is 37.2 Å². The first-order chi connectivity index (χ1) is 18.2. The van der Waals surface area contributed by atoms with Crippen molar-refractivity contribution in [2.45, 2.75) is 47.5 Å². The van der Waals surface area contributed by atoms with E-state index in [9.17, 15) is 24.9 Å². The van der Waals surface area contributed by atoms with Crippen LogP contribution in [0.2, 0.25) is 0 Å². The zero-order valence-electron chi connectivity index (χ0n) is 23.1. The molecule has 3 N–H and O–H groups in total. The normalized spacial score (nSPS) is 13.3. The average molecular weight is 527 g/mol. The van der Waals surface area contributed by atoms with Gasteiger partial charge in [-0.3, -0.25) is 9.59 Å². The molecule has 1 unspecified atom stereocenters. The van der Waals surface area contributed by atoms with Crippen molar-refractivity contribution in [3.63, 3.8) is 0 Å². The molecule has 0 radical (unpaired) electrons. The molecule has 0 aliphatic carbocycles. The largest absolute Gasteiger partial charge is 0.506 e. The number of aliphatic carboxylic acids is 2. The van der Waals surface area contributed by atoms with Crippen molar-refractivity contribution in [1.82, 2.24) is 9.97 Å². The molecule has 0 fully saturated rings. The Morgan fingerprint density at radius 2 is 1.23 bits per heavy atom. The fourth-order valence-corrected chi connectivity index (χ4v) is 5.71. The first-order valence-electron chi connectivity index (χ1n) is 12.8. The quantitative estimate of drug-likeness (QED) is 0.231. The summed E-state index contributed by atoms with van der Waals surface area (Å²) in [7, 11) is 0. The van der Waals surface area contributed by atoms with Gasteiger partial charge in [0.1, 0.15) is 11.3 Å². The Morgan fingerprint density at radius 1 is 0.692 bits per heavy atom. The van der Waals surface area contributed by atoms with E-state index in [0.29, 0.717) is 28.0 Å². The van der Waals surface area contributed by atoms with E-state index in [0.717, 1.165) is 11.1 Å². The van der Waals surface area contributed by atoms with Crippen LogP contribution in [0.25, 0.3) is 33.5 Å². The molecule has 1 heterocycles. The van der Waals surface area contributed by atoms with Crippen LogP contribution in [0.5, 0.6) is 5.75 Å². The summed E-state index contributed by atoms with van der Waals surface area (Å²) in [4.78, 5) is 35.2. The van der Waals surface area contributed by atoms with Crippen molar-refractivity contribution < 1.29 is 24.9 Å². The molecule has 0 bridgehead atoms. The third-order valence-electron chi connectivity index (χ3n) is 7.40. The molecule has 0 saturated heterocycles. The Hall–Kier alpha value is -4.26. The second-order valence-electron chi connectivity index (χ2n) is 12.0. The number of carbonyl (C=O) groups is 2. The number of aromatic nitrogens is 2. The van der Waals surface area contributed by atoms with Gasteiger partial charge in [0.2, 0.25) is 0 Å². The van der Waals surface area contributed by atoms with Gasteiger partial charge in [0.05, 0.1) is 16.9 Å². The van der Waals surface area contributed by atoms with E-state index in [1.807, 2.05) is 63.2 Å². The van der Waals surface area contributed by atoms with Crippen molar-refractivity contribution in [2.75, 3.05) is 0 Å². The minimum absolute atomic E-state index is 0.0351. The lowest BCUT2D eigenvalue weighted by Gasteiger charge is -2.48. The van der Waals surface area contributed by atoms with E-state index in [4.69, 9.17) is 9.97 Å². The van der Waals surface area contributed by atoms with Crippen LogP contribution in [-0.2, 0) is 9.59 Å². The number of nitrogens with zero attached hydrogens (tertiary/aromatic N) is 2. The van der Waals surface area contributed by atoms with Crippen LogP contribution in [0.4, 0.5) is 0 Å². The minimum atomic E-state index is -2.08. The van der Waals surface area contributed by atoms with E-state index in [1.165, 1.54) is 0 Å². The molecule has 7 heteroatoms. The van der Waals surface area contributed by atoms with Gasteiger partial charge in [0.15, 0.2) is 5.41 Å². The Kier molecular flexibility index (Phi) is 6.98. The number of para-hydroxylation sites is 1. The maximum absolute atomic E-state index is 12.8. The zero-order chi connectivity index (χ0) is 28.8. The van der Waals surface area contributed by atoms with Gasteiger partial charge < -0.3 is 15.3 Å². The maximum atomic E-state index is 12.8. The molecule has 0 aliphatic rings. The number of phenols is 1. The maximum Gasteiger partial charge on any atom is 0.322 e. The Morgan fingerprint density at radius 3 is 1.74 bits per heavy atom. The molecule has 1 atom stereocenters.